The van der Waals surface area contributed by atoms with Crippen molar-refractivity contribution in [3.8, 4) is 0 Å². The quantitative estimate of drug-likeness (QED) is 0.828. The number of rotatable bonds is 6. The first-order valence-corrected chi connectivity index (χ1v) is 6.99. The first kappa shape index (κ1) is 15.0. The zero-order chi connectivity index (χ0) is 15.2. The molecule has 0 unspecified atom stereocenters. The number of aromatic nitrogens is 3. The maximum Gasteiger partial charge on any atom is 0.243 e. The van der Waals surface area contributed by atoms with Crippen LogP contribution in [0.2, 0.25) is 0 Å². The lowest BCUT2D eigenvalue weighted by molar-refractivity contribution is -0.117. The van der Waals surface area contributed by atoms with Gasteiger partial charge in [0.05, 0.1) is 12.1 Å². The van der Waals surface area contributed by atoms with E-state index in [-0.39, 0.29) is 18.0 Å². The van der Waals surface area contributed by atoms with Gasteiger partial charge in [-0.3, -0.25) is 4.79 Å². The minimum Gasteiger partial charge on any atom is -0.347 e. The Hall–Kier alpha value is -2.43. The molecule has 1 amide bonds. The summed E-state index contributed by atoms with van der Waals surface area (Å²) < 4.78 is 1.78. The van der Waals surface area contributed by atoms with E-state index >= 15 is 0 Å². The molecule has 0 aliphatic rings. The second-order valence-corrected chi connectivity index (χ2v) is 4.96. The van der Waals surface area contributed by atoms with Crippen LogP contribution in [-0.4, -0.2) is 26.7 Å². The summed E-state index contributed by atoms with van der Waals surface area (Å²) in [5.74, 6) is -0.181. The fraction of sp³-hybridized carbons (Fsp3) is 0.312. The van der Waals surface area contributed by atoms with Crippen LogP contribution in [0.5, 0.6) is 0 Å². The Bertz CT molecular complexity index is 589. The molecule has 5 heteroatoms. The van der Waals surface area contributed by atoms with Crippen molar-refractivity contribution in [2.24, 2.45) is 0 Å². The molecule has 0 aliphatic carbocycles. The van der Waals surface area contributed by atoms with Gasteiger partial charge < -0.3 is 5.32 Å². The highest BCUT2D eigenvalue weighted by molar-refractivity contribution is 5.87. The highest BCUT2D eigenvalue weighted by atomic mass is 16.1. The summed E-state index contributed by atoms with van der Waals surface area (Å²) >= 11 is 0. The third-order valence-electron chi connectivity index (χ3n) is 3.47. The molecule has 0 bridgehead atoms. The van der Waals surface area contributed by atoms with Crippen LogP contribution in [-0.2, 0) is 4.79 Å². The van der Waals surface area contributed by atoms with E-state index in [0.29, 0.717) is 0 Å². The zero-order valence-electron chi connectivity index (χ0n) is 12.4. The summed E-state index contributed by atoms with van der Waals surface area (Å²) in [5.41, 5.74) is 2.28. The van der Waals surface area contributed by atoms with E-state index < -0.39 is 0 Å². The number of amides is 1. The van der Waals surface area contributed by atoms with Crippen molar-refractivity contribution in [2.75, 3.05) is 0 Å². The Balaban J connectivity index is 2.37. The van der Waals surface area contributed by atoms with Gasteiger partial charge in [0.2, 0.25) is 5.91 Å². The number of nitrogens with zero attached hydrogens (tertiary/aromatic N) is 3. The van der Waals surface area contributed by atoms with Gasteiger partial charge in [-0.1, -0.05) is 43.3 Å². The minimum absolute atomic E-state index is 0.0834. The fourth-order valence-corrected chi connectivity index (χ4v) is 2.34. The van der Waals surface area contributed by atoms with Crippen molar-refractivity contribution < 1.29 is 4.79 Å². The Labute approximate surface area is 124 Å². The lowest BCUT2D eigenvalue weighted by Gasteiger charge is -2.27. The van der Waals surface area contributed by atoms with Crippen LogP contribution in [0.15, 0.2) is 49.6 Å². The molecule has 0 fully saturated rings. The van der Waals surface area contributed by atoms with Gasteiger partial charge in [0.15, 0.2) is 0 Å². The van der Waals surface area contributed by atoms with E-state index in [4.69, 9.17) is 0 Å². The van der Waals surface area contributed by atoms with Crippen molar-refractivity contribution >= 4 is 5.91 Å². The molecule has 0 saturated heterocycles. The van der Waals surface area contributed by atoms with Gasteiger partial charge in [-0.25, -0.2) is 9.67 Å². The molecule has 21 heavy (non-hydrogen) atoms. The van der Waals surface area contributed by atoms with Gasteiger partial charge in [0.1, 0.15) is 12.7 Å². The fourth-order valence-electron chi connectivity index (χ4n) is 2.34. The number of hydrogen-bond acceptors (Lipinski definition) is 3. The van der Waals surface area contributed by atoms with Crippen molar-refractivity contribution in [1.29, 1.82) is 0 Å². The van der Waals surface area contributed by atoms with E-state index in [0.717, 1.165) is 12.0 Å². The molecule has 0 saturated carbocycles. The summed E-state index contributed by atoms with van der Waals surface area (Å²) in [6, 6.07) is 8.05. The van der Waals surface area contributed by atoms with Crippen LogP contribution in [0.4, 0.5) is 0 Å². The molecule has 0 spiro atoms. The molecular weight excluding hydrogens is 264 g/mol. The average molecular weight is 284 g/mol. The van der Waals surface area contributed by atoms with Crippen LogP contribution < -0.4 is 5.32 Å². The molecule has 2 aromatic rings. The number of hydrogen-bond donors (Lipinski definition) is 1. The van der Waals surface area contributed by atoms with Gasteiger partial charge in [0, 0.05) is 0 Å². The Morgan fingerprint density at radius 1 is 1.43 bits per heavy atom. The first-order chi connectivity index (χ1) is 10.2. The molecule has 0 aliphatic heterocycles. The summed E-state index contributed by atoms with van der Waals surface area (Å²) in [5, 5.41) is 7.22. The lowest BCUT2D eigenvalue weighted by Crippen LogP contribution is -2.40. The third kappa shape index (κ3) is 3.56. The molecular formula is C16H20N4O. The Morgan fingerprint density at radius 3 is 2.67 bits per heavy atom. The number of aryl methyl sites for hydroxylation is 1. The molecule has 1 heterocycles. The molecule has 110 valence electrons. The SMILES string of the molecule is C=CC(=O)N[C@H](CC)[C@@H](c1ccc(C)cc1)n1cncn1. The molecule has 2 rings (SSSR count). The third-order valence-corrected chi connectivity index (χ3v) is 3.47. The lowest BCUT2D eigenvalue weighted by atomic mass is 9.96. The predicted molar refractivity (Wildman–Crippen MR) is 81.8 cm³/mol. The number of benzene rings is 1. The van der Waals surface area contributed by atoms with Crippen LogP contribution >= 0.6 is 0 Å². The van der Waals surface area contributed by atoms with Gasteiger partial charge in [0.25, 0.3) is 0 Å². The predicted octanol–water partition coefficient (Wildman–Crippen LogP) is 2.26. The first-order valence-electron chi connectivity index (χ1n) is 6.99. The largest absolute Gasteiger partial charge is 0.347 e. The molecule has 0 radical (unpaired) electrons. The summed E-state index contributed by atoms with van der Waals surface area (Å²) in [6.07, 6.45) is 5.24. The van der Waals surface area contributed by atoms with Gasteiger partial charge in [-0.2, -0.15) is 5.10 Å². The maximum absolute atomic E-state index is 11.7. The Morgan fingerprint density at radius 2 is 2.14 bits per heavy atom. The monoisotopic (exact) mass is 284 g/mol. The van der Waals surface area contributed by atoms with Crippen LogP contribution in [0.1, 0.15) is 30.5 Å². The van der Waals surface area contributed by atoms with E-state index in [2.05, 4.69) is 46.2 Å². The van der Waals surface area contributed by atoms with Crippen LogP contribution in [0, 0.1) is 6.92 Å². The van der Waals surface area contributed by atoms with E-state index in [9.17, 15) is 4.79 Å². The zero-order valence-corrected chi connectivity index (χ0v) is 12.4. The highest BCUT2D eigenvalue weighted by Gasteiger charge is 2.25. The van der Waals surface area contributed by atoms with Crippen LogP contribution in [0.3, 0.4) is 0 Å². The summed E-state index contributed by atoms with van der Waals surface area (Å²) in [4.78, 5) is 15.7. The second kappa shape index (κ2) is 6.83. The molecule has 1 aromatic heterocycles. The smallest absolute Gasteiger partial charge is 0.243 e. The number of nitrogens with one attached hydrogen (secondary N) is 1. The highest BCUT2D eigenvalue weighted by Crippen LogP contribution is 2.23. The summed E-state index contributed by atoms with van der Waals surface area (Å²) in [7, 11) is 0. The van der Waals surface area contributed by atoms with Gasteiger partial charge >= 0.3 is 0 Å². The molecule has 2 atom stereocenters. The van der Waals surface area contributed by atoms with Crippen molar-refractivity contribution in [3.63, 3.8) is 0 Å². The standard InChI is InChI=1S/C16H20N4O/c1-4-14(19-15(21)5-2)16(20-11-17-10-18-20)13-8-6-12(3)7-9-13/h5-11,14,16H,2,4H2,1,3H3,(H,19,21)/t14-,16-/m1/s1. The van der Waals surface area contributed by atoms with Crippen LogP contribution in [0.25, 0.3) is 0 Å². The molecule has 1 aromatic carbocycles. The van der Waals surface area contributed by atoms with E-state index in [1.165, 1.54) is 18.0 Å². The van der Waals surface area contributed by atoms with Gasteiger partial charge in [-0.15, -0.1) is 0 Å². The number of carbonyl (C=O) groups excluding carboxylic acids is 1. The Kier molecular flexibility index (Phi) is 4.87. The molecule has 5 nitrogen and oxygen atoms in total. The maximum atomic E-state index is 11.7. The minimum atomic E-state index is -0.181. The van der Waals surface area contributed by atoms with E-state index in [1.807, 2.05) is 13.8 Å². The van der Waals surface area contributed by atoms with Crippen molar-refractivity contribution in [1.82, 2.24) is 20.1 Å². The average Bonchev–Trinajstić information content (AvgIpc) is 3.02. The second-order valence-electron chi connectivity index (χ2n) is 4.96. The summed E-state index contributed by atoms with van der Waals surface area (Å²) in [6.45, 7) is 7.59. The normalized spacial score (nSPS) is 13.4. The topological polar surface area (TPSA) is 59.8 Å². The number of carbonyl (C=O) groups is 1. The van der Waals surface area contributed by atoms with Crippen molar-refractivity contribution in [3.05, 3.63) is 60.7 Å². The van der Waals surface area contributed by atoms with Crippen molar-refractivity contribution in [2.45, 2.75) is 32.4 Å². The molecule has 1 N–H and O–H groups in total. The van der Waals surface area contributed by atoms with Gasteiger partial charge in [-0.05, 0) is 25.0 Å². The van der Waals surface area contributed by atoms with E-state index in [1.54, 1.807) is 11.0 Å².